The summed E-state index contributed by atoms with van der Waals surface area (Å²) >= 11 is 3.57. The molecule has 6 aliphatic heterocycles. The number of hydrogen-bond acceptors (Lipinski definition) is 15. The number of ether oxygens (including phenoxy) is 1. The molecular formula is C48H56BrN11O7S. The molecule has 0 bridgehead atoms. The number of imide groups is 2. The second kappa shape index (κ2) is 18.6. The lowest BCUT2D eigenvalue weighted by molar-refractivity contribution is -0.136. The molecule has 0 spiro atoms. The van der Waals surface area contributed by atoms with Gasteiger partial charge in [-0.3, -0.25) is 38.6 Å². The number of sulfonamides is 1. The number of carbonyl (C=O) groups excluding carboxylic acids is 4. The monoisotopic (exact) mass is 1010 g/mol. The number of halogens is 1. The molecule has 4 saturated heterocycles. The maximum atomic E-state index is 13.4. The molecule has 0 aliphatic carbocycles. The molecule has 10 rings (SSSR count). The average molecular weight is 1010 g/mol. The average Bonchev–Trinajstić information content (AvgIpc) is 4.05. The summed E-state index contributed by atoms with van der Waals surface area (Å²) in [6.45, 7) is 11.3. The van der Waals surface area contributed by atoms with Gasteiger partial charge in [-0.25, -0.2) is 13.4 Å². The highest BCUT2D eigenvalue weighted by Crippen LogP contribution is 2.41. The van der Waals surface area contributed by atoms with Crippen LogP contribution in [-0.2, 0) is 26.0 Å². The first kappa shape index (κ1) is 45.9. The molecule has 6 aliphatic rings. The lowest BCUT2D eigenvalue weighted by Crippen LogP contribution is -2.54. The van der Waals surface area contributed by atoms with Gasteiger partial charge >= 0.3 is 0 Å². The minimum Gasteiger partial charge on any atom is -0.494 e. The van der Waals surface area contributed by atoms with Gasteiger partial charge in [-0.1, -0.05) is 12.1 Å². The van der Waals surface area contributed by atoms with Crippen LogP contribution in [0.4, 0.5) is 40.2 Å². The first-order chi connectivity index (χ1) is 32.7. The molecule has 358 valence electrons. The van der Waals surface area contributed by atoms with Crippen molar-refractivity contribution in [2.24, 2.45) is 5.92 Å². The fraction of sp³-hybridized carbons (Fsp3) is 0.458. The number of piperazine rings is 1. The quantitative estimate of drug-likeness (QED) is 0.163. The third-order valence-electron chi connectivity index (χ3n) is 14.4. The van der Waals surface area contributed by atoms with Crippen LogP contribution in [0.3, 0.4) is 0 Å². The van der Waals surface area contributed by atoms with Crippen LogP contribution in [0.2, 0.25) is 0 Å². The van der Waals surface area contributed by atoms with Crippen molar-refractivity contribution in [3.8, 4) is 5.75 Å². The summed E-state index contributed by atoms with van der Waals surface area (Å²) in [5.41, 5.74) is 6.77. The molecule has 18 nitrogen and oxygen atoms in total. The molecule has 2 atom stereocenters. The van der Waals surface area contributed by atoms with Crippen LogP contribution >= 0.6 is 15.9 Å². The van der Waals surface area contributed by atoms with Gasteiger partial charge in [-0.2, -0.15) is 4.98 Å². The van der Waals surface area contributed by atoms with Gasteiger partial charge in [0.1, 0.15) is 17.6 Å². The summed E-state index contributed by atoms with van der Waals surface area (Å²) in [4.78, 5) is 71.2. The van der Waals surface area contributed by atoms with E-state index >= 15 is 0 Å². The Balaban J connectivity index is 0.705. The molecular weight excluding hydrogens is 955 g/mol. The highest BCUT2D eigenvalue weighted by molar-refractivity contribution is 9.10. The van der Waals surface area contributed by atoms with Crippen molar-refractivity contribution in [1.82, 2.24) is 30.0 Å². The number of methoxy groups -OCH3 is 1. The number of aryl methyl sites for hydroxylation is 1. The van der Waals surface area contributed by atoms with Crippen LogP contribution in [0.15, 0.2) is 59.2 Å². The topological polar surface area (TPSA) is 193 Å². The smallest absolute Gasteiger partial charge is 0.262 e. The zero-order valence-corrected chi connectivity index (χ0v) is 40.9. The number of piperidine rings is 2. The van der Waals surface area contributed by atoms with Crippen molar-refractivity contribution in [3.63, 3.8) is 0 Å². The lowest BCUT2D eigenvalue weighted by Gasteiger charge is -2.44. The predicted octanol–water partition coefficient (Wildman–Crippen LogP) is 4.88. The fourth-order valence-electron chi connectivity index (χ4n) is 10.9. The van der Waals surface area contributed by atoms with Crippen LogP contribution in [0.1, 0.15) is 63.9 Å². The molecule has 3 aromatic carbocycles. The number of anilines is 7. The summed E-state index contributed by atoms with van der Waals surface area (Å²) in [6.07, 6.45) is 6.96. The Morgan fingerprint density at radius 3 is 2.35 bits per heavy atom. The van der Waals surface area contributed by atoms with Crippen molar-refractivity contribution in [2.75, 3.05) is 104 Å². The van der Waals surface area contributed by atoms with Crippen molar-refractivity contribution in [2.45, 2.75) is 57.5 Å². The molecule has 4 amide bonds. The maximum absolute atomic E-state index is 13.4. The highest BCUT2D eigenvalue weighted by atomic mass is 79.9. The van der Waals surface area contributed by atoms with Crippen molar-refractivity contribution < 1.29 is 32.3 Å². The minimum atomic E-state index is -3.45. The second-order valence-corrected chi connectivity index (χ2v) is 21.5. The van der Waals surface area contributed by atoms with Gasteiger partial charge in [0.25, 0.3) is 11.8 Å². The van der Waals surface area contributed by atoms with E-state index in [0.29, 0.717) is 69.4 Å². The number of para-hydroxylation sites is 1. The number of hydrogen-bond donors (Lipinski definition) is 3. The number of nitrogens with zero attached hydrogens (tertiary/aromatic N) is 8. The standard InChI is InChI=1S/C48H56BrN11O7S/c1-29-23-38(52-48-50-26-36(49)44(54-48)51-37-6-4-5-31-12-18-59(43(31)37)68(3,65)66)41(67-2)25-40(29)57-16-13-32(14-17-57)56-21-19-55(20-22-56)27-30-11-15-58(28-30)33-7-8-34-35(24-33)47(64)60(46(34)63)39-9-10-42(61)53-45(39)62/h4-8,23-26,30,32,39H,9-22,27-28H2,1-3H3,(H,53,61,62)(H2,50,51,52,54)/t30-,39?/m0/s1. The minimum absolute atomic E-state index is 0.0936. The summed E-state index contributed by atoms with van der Waals surface area (Å²) in [5.74, 6) is 0.0714. The van der Waals surface area contributed by atoms with Crippen LogP contribution in [-0.4, -0.2) is 148 Å². The van der Waals surface area contributed by atoms with E-state index < -0.39 is 33.8 Å². The normalized spacial score (nSPS) is 21.6. The van der Waals surface area contributed by atoms with E-state index in [9.17, 15) is 27.6 Å². The van der Waals surface area contributed by atoms with Gasteiger partial charge in [0.05, 0.1) is 46.0 Å². The molecule has 4 fully saturated rings. The molecule has 0 radical (unpaired) electrons. The van der Waals surface area contributed by atoms with Crippen LogP contribution in [0.5, 0.6) is 5.75 Å². The van der Waals surface area contributed by atoms with E-state index in [1.165, 1.54) is 10.6 Å². The van der Waals surface area contributed by atoms with Gasteiger partial charge in [0.15, 0.2) is 0 Å². The Hall–Kier alpha value is -5.83. The molecule has 1 unspecified atom stereocenters. The Labute approximate surface area is 404 Å². The largest absolute Gasteiger partial charge is 0.494 e. The number of benzene rings is 3. The third-order valence-corrected chi connectivity index (χ3v) is 16.2. The van der Waals surface area contributed by atoms with Crippen LogP contribution in [0.25, 0.3) is 0 Å². The van der Waals surface area contributed by atoms with E-state index in [-0.39, 0.29) is 18.7 Å². The number of nitrogens with one attached hydrogen (secondary N) is 3. The van der Waals surface area contributed by atoms with E-state index in [4.69, 9.17) is 9.72 Å². The van der Waals surface area contributed by atoms with Crippen LogP contribution in [0, 0.1) is 12.8 Å². The number of carbonyl (C=O) groups is 4. The number of rotatable bonds is 12. The zero-order valence-electron chi connectivity index (χ0n) is 38.5. The van der Waals surface area contributed by atoms with Crippen molar-refractivity contribution in [1.29, 1.82) is 0 Å². The Kier molecular flexibility index (Phi) is 12.6. The Bertz CT molecular complexity index is 2800. The molecule has 68 heavy (non-hydrogen) atoms. The first-order valence-electron chi connectivity index (χ1n) is 23.4. The summed E-state index contributed by atoms with van der Waals surface area (Å²) in [5, 5.41) is 8.96. The van der Waals surface area contributed by atoms with Gasteiger partial charge < -0.3 is 30.1 Å². The fourth-order valence-corrected chi connectivity index (χ4v) is 12.2. The summed E-state index contributed by atoms with van der Waals surface area (Å²) in [7, 11) is -1.79. The van der Waals surface area contributed by atoms with E-state index in [1.54, 1.807) is 25.4 Å². The van der Waals surface area contributed by atoms with E-state index in [1.807, 2.05) is 24.3 Å². The molecule has 1 aromatic heterocycles. The number of amides is 4. The predicted molar refractivity (Wildman–Crippen MR) is 263 cm³/mol. The van der Waals surface area contributed by atoms with Gasteiger partial charge in [0.2, 0.25) is 27.8 Å². The van der Waals surface area contributed by atoms with Gasteiger partial charge in [-0.15, -0.1) is 0 Å². The maximum Gasteiger partial charge on any atom is 0.262 e. The third kappa shape index (κ3) is 8.98. The highest BCUT2D eigenvalue weighted by Gasteiger charge is 2.45. The Morgan fingerprint density at radius 1 is 0.838 bits per heavy atom. The van der Waals surface area contributed by atoms with Crippen molar-refractivity contribution >= 4 is 89.8 Å². The lowest BCUT2D eigenvalue weighted by atomic mass is 10.00. The number of fused-ring (bicyclic) bond motifs is 2. The van der Waals surface area contributed by atoms with E-state index in [2.05, 4.69) is 75.5 Å². The Morgan fingerprint density at radius 2 is 1.60 bits per heavy atom. The molecule has 3 N–H and O–H groups in total. The second-order valence-electron chi connectivity index (χ2n) is 18.7. The first-order valence-corrected chi connectivity index (χ1v) is 26.0. The summed E-state index contributed by atoms with van der Waals surface area (Å²) in [6, 6.07) is 14.8. The summed E-state index contributed by atoms with van der Waals surface area (Å²) < 4.78 is 33.2. The van der Waals surface area contributed by atoms with Gasteiger partial charge in [-0.05, 0) is 102 Å². The molecule has 0 saturated carbocycles. The SMILES string of the molecule is COc1cc(N2CCC(N3CCN(C[C@@H]4CCN(c5ccc6c(c5)C(=O)N(C5CCC(=O)NC5=O)C6=O)C4)CC3)CC2)c(C)cc1Nc1ncc(Br)c(Nc2cccc3c2N(S(C)(=O)=O)CC3)n1. The van der Waals surface area contributed by atoms with Crippen molar-refractivity contribution in [3.05, 3.63) is 81.5 Å². The number of aromatic nitrogens is 2. The van der Waals surface area contributed by atoms with Crippen LogP contribution < -0.4 is 34.8 Å². The molecule has 4 aromatic rings. The molecule has 20 heteroatoms. The van der Waals surface area contributed by atoms with E-state index in [0.717, 1.165) is 111 Å². The van der Waals surface area contributed by atoms with Gasteiger partial charge in [0, 0.05) is 102 Å². The molecule has 7 heterocycles. The zero-order chi connectivity index (χ0) is 47.4.